The molecule has 1 fully saturated rings. The third kappa shape index (κ3) is 3.18. The van der Waals surface area contributed by atoms with Gasteiger partial charge in [-0.2, -0.15) is 0 Å². The van der Waals surface area contributed by atoms with Gasteiger partial charge in [0.05, 0.1) is 6.61 Å². The van der Waals surface area contributed by atoms with Gasteiger partial charge in [-0.3, -0.25) is 4.79 Å². The summed E-state index contributed by atoms with van der Waals surface area (Å²) in [4.78, 5) is 13.8. The van der Waals surface area contributed by atoms with Crippen molar-refractivity contribution in [1.82, 2.24) is 9.71 Å². The van der Waals surface area contributed by atoms with Gasteiger partial charge in [-0.1, -0.05) is 0 Å². The molecule has 7 heteroatoms. The van der Waals surface area contributed by atoms with E-state index >= 15 is 0 Å². The number of aromatic nitrogens is 1. The molecule has 2 rings (SSSR count). The van der Waals surface area contributed by atoms with Gasteiger partial charge >= 0.3 is 0 Å². The van der Waals surface area contributed by atoms with Gasteiger partial charge in [-0.15, -0.1) is 0 Å². The lowest BCUT2D eigenvalue weighted by molar-refractivity contribution is 0.0568. The molecule has 0 aromatic carbocycles. The van der Waals surface area contributed by atoms with Crippen molar-refractivity contribution in [3.05, 3.63) is 28.7 Å². The van der Waals surface area contributed by atoms with Crippen molar-refractivity contribution in [2.75, 3.05) is 19.8 Å². The molecule has 0 amide bonds. The molecule has 1 unspecified atom stereocenters. The van der Waals surface area contributed by atoms with Crippen LogP contribution in [-0.4, -0.2) is 33.2 Å². The minimum atomic E-state index is -3.74. The third-order valence-electron chi connectivity index (χ3n) is 2.89. The Morgan fingerprint density at radius 1 is 1.50 bits per heavy atom. The maximum atomic E-state index is 11.9. The van der Waals surface area contributed by atoms with Crippen LogP contribution in [0.15, 0.2) is 28.2 Å². The van der Waals surface area contributed by atoms with Crippen LogP contribution in [0.3, 0.4) is 0 Å². The van der Waals surface area contributed by atoms with Crippen LogP contribution in [0.4, 0.5) is 0 Å². The summed E-state index contributed by atoms with van der Waals surface area (Å²) in [5.74, 6) is 0.177. The smallest absolute Gasteiger partial charge is 0.245 e. The molecule has 0 aliphatic carbocycles. The average Bonchev–Trinajstić information content (AvgIpc) is 2.38. The van der Waals surface area contributed by atoms with E-state index in [1.165, 1.54) is 18.5 Å². The van der Waals surface area contributed by atoms with Crippen molar-refractivity contribution < 1.29 is 13.2 Å². The highest BCUT2D eigenvalue weighted by atomic mass is 32.2. The molecule has 1 aliphatic rings. The maximum absolute atomic E-state index is 11.9. The number of nitrogens with one attached hydrogen (secondary N) is 2. The minimum Gasteiger partial charge on any atom is -0.381 e. The number of sulfonamides is 1. The number of hydrogen-bond acceptors (Lipinski definition) is 4. The topological polar surface area (TPSA) is 88.3 Å². The molecule has 0 radical (unpaired) electrons. The van der Waals surface area contributed by atoms with Gasteiger partial charge in [-0.25, -0.2) is 13.1 Å². The molecule has 1 aromatic heterocycles. The Morgan fingerprint density at radius 3 is 3.00 bits per heavy atom. The van der Waals surface area contributed by atoms with Crippen LogP contribution in [0.1, 0.15) is 12.8 Å². The minimum absolute atomic E-state index is 0.177. The molecule has 100 valence electrons. The molecule has 0 bridgehead atoms. The number of hydrogen-bond donors (Lipinski definition) is 2. The average molecular weight is 272 g/mol. The standard InChI is InChI=1S/C11H16N2O4S/c14-10-3-4-12-7-11(10)18(15,16)13-6-9-2-1-5-17-8-9/h3-4,7,9,13H,1-2,5-6,8H2,(H,12,14). The number of rotatable bonds is 4. The Morgan fingerprint density at radius 2 is 2.33 bits per heavy atom. The van der Waals surface area contributed by atoms with Gasteiger partial charge in [0.15, 0.2) is 0 Å². The fourth-order valence-corrected chi connectivity index (χ4v) is 3.05. The predicted molar refractivity (Wildman–Crippen MR) is 65.8 cm³/mol. The first-order valence-corrected chi connectivity index (χ1v) is 7.32. The summed E-state index contributed by atoms with van der Waals surface area (Å²) in [6.07, 6.45) is 4.48. The molecule has 1 saturated heterocycles. The molecule has 2 N–H and O–H groups in total. The lowest BCUT2D eigenvalue weighted by Gasteiger charge is -2.22. The second-order valence-corrected chi connectivity index (χ2v) is 6.04. The zero-order valence-electron chi connectivity index (χ0n) is 9.89. The monoisotopic (exact) mass is 272 g/mol. The van der Waals surface area contributed by atoms with Crippen molar-refractivity contribution in [2.24, 2.45) is 5.92 Å². The first kappa shape index (κ1) is 13.3. The van der Waals surface area contributed by atoms with Crippen molar-refractivity contribution in [1.29, 1.82) is 0 Å². The SMILES string of the molecule is O=c1cc[nH]cc1S(=O)(=O)NCC1CCCOC1. The first-order valence-electron chi connectivity index (χ1n) is 5.84. The molecular formula is C11H16N2O4S. The normalized spacial score (nSPS) is 20.8. The Hall–Kier alpha value is -1.18. The molecule has 1 aliphatic heterocycles. The molecule has 6 nitrogen and oxygen atoms in total. The fourth-order valence-electron chi connectivity index (χ4n) is 1.88. The van der Waals surface area contributed by atoms with Gasteiger partial charge in [-0.05, 0) is 18.8 Å². The number of aromatic amines is 1. The summed E-state index contributed by atoms with van der Waals surface area (Å²) in [6, 6.07) is 1.19. The highest BCUT2D eigenvalue weighted by molar-refractivity contribution is 7.89. The van der Waals surface area contributed by atoms with E-state index in [1.807, 2.05) is 0 Å². The van der Waals surface area contributed by atoms with Crippen molar-refractivity contribution in [2.45, 2.75) is 17.7 Å². The highest BCUT2D eigenvalue weighted by Gasteiger charge is 2.20. The summed E-state index contributed by atoms with van der Waals surface area (Å²) < 4.78 is 31.6. The summed E-state index contributed by atoms with van der Waals surface area (Å²) in [7, 11) is -3.74. The fraction of sp³-hybridized carbons (Fsp3) is 0.545. The number of ether oxygens (including phenoxy) is 1. The van der Waals surface area contributed by atoms with Crippen molar-refractivity contribution in [3.8, 4) is 0 Å². The summed E-state index contributed by atoms with van der Waals surface area (Å²) in [5.41, 5.74) is -0.513. The van der Waals surface area contributed by atoms with Gasteiger partial charge in [0.2, 0.25) is 15.5 Å². The van der Waals surface area contributed by atoms with E-state index in [1.54, 1.807) is 0 Å². The highest BCUT2D eigenvalue weighted by Crippen LogP contribution is 2.13. The summed E-state index contributed by atoms with van der Waals surface area (Å²) in [5, 5.41) is 0. The summed E-state index contributed by atoms with van der Waals surface area (Å²) >= 11 is 0. The second-order valence-electron chi connectivity index (χ2n) is 4.31. The van der Waals surface area contributed by atoms with Crippen LogP contribution in [-0.2, 0) is 14.8 Å². The predicted octanol–water partition coefficient (Wildman–Crippen LogP) is 0.0798. The Bertz CT molecular complexity index is 546. The molecule has 1 atom stereocenters. The molecule has 0 spiro atoms. The molecule has 1 aromatic rings. The zero-order valence-corrected chi connectivity index (χ0v) is 10.7. The Labute approximate surface area is 105 Å². The van der Waals surface area contributed by atoms with E-state index in [-0.39, 0.29) is 10.8 Å². The van der Waals surface area contributed by atoms with Crippen LogP contribution in [0.2, 0.25) is 0 Å². The van der Waals surface area contributed by atoms with Crippen LogP contribution >= 0.6 is 0 Å². The molecular weight excluding hydrogens is 256 g/mol. The van der Waals surface area contributed by atoms with Crippen LogP contribution in [0.25, 0.3) is 0 Å². The Balaban J connectivity index is 2.03. The van der Waals surface area contributed by atoms with Crippen LogP contribution < -0.4 is 10.2 Å². The van der Waals surface area contributed by atoms with E-state index in [0.29, 0.717) is 13.2 Å². The van der Waals surface area contributed by atoms with Crippen molar-refractivity contribution >= 4 is 10.0 Å². The summed E-state index contributed by atoms with van der Waals surface area (Å²) in [6.45, 7) is 1.60. The second kappa shape index (κ2) is 5.64. The van der Waals surface area contributed by atoms with E-state index in [0.717, 1.165) is 19.4 Å². The van der Waals surface area contributed by atoms with Gasteiger partial charge in [0.1, 0.15) is 4.90 Å². The quantitative estimate of drug-likeness (QED) is 0.812. The first-order chi connectivity index (χ1) is 8.59. The largest absolute Gasteiger partial charge is 0.381 e. The van der Waals surface area contributed by atoms with E-state index in [9.17, 15) is 13.2 Å². The van der Waals surface area contributed by atoms with Gasteiger partial charge < -0.3 is 9.72 Å². The lowest BCUT2D eigenvalue weighted by atomic mass is 10.0. The van der Waals surface area contributed by atoms with E-state index in [4.69, 9.17) is 4.74 Å². The third-order valence-corrected chi connectivity index (χ3v) is 4.34. The zero-order chi connectivity index (χ0) is 13.0. The van der Waals surface area contributed by atoms with Gasteiger partial charge in [0.25, 0.3) is 0 Å². The van der Waals surface area contributed by atoms with Gasteiger partial charge in [0, 0.05) is 31.6 Å². The number of H-pyrrole nitrogens is 1. The van der Waals surface area contributed by atoms with Crippen LogP contribution in [0, 0.1) is 5.92 Å². The van der Waals surface area contributed by atoms with E-state index < -0.39 is 15.5 Å². The van der Waals surface area contributed by atoms with Crippen molar-refractivity contribution in [3.63, 3.8) is 0 Å². The van der Waals surface area contributed by atoms with E-state index in [2.05, 4.69) is 9.71 Å². The molecule has 18 heavy (non-hydrogen) atoms. The Kier molecular flexibility index (Phi) is 4.15. The number of pyridine rings is 1. The lowest BCUT2D eigenvalue weighted by Crippen LogP contribution is -2.35. The molecule has 0 saturated carbocycles. The van der Waals surface area contributed by atoms with Crippen LogP contribution in [0.5, 0.6) is 0 Å². The maximum Gasteiger partial charge on any atom is 0.245 e. The molecule has 2 heterocycles.